The fraction of sp³-hybridized carbons (Fsp3) is 0.625. The quantitative estimate of drug-likeness (QED) is 0.544. The highest BCUT2D eigenvalue weighted by molar-refractivity contribution is 5.92. The highest BCUT2D eigenvalue weighted by Gasteiger charge is 2.06. The van der Waals surface area contributed by atoms with Gasteiger partial charge in [0.15, 0.2) is 0 Å². The number of rotatable bonds is 3. The summed E-state index contributed by atoms with van der Waals surface area (Å²) in [5.74, 6) is 0.0434. The van der Waals surface area contributed by atoms with Crippen molar-refractivity contribution in [3.05, 3.63) is 12.2 Å². The standard InChI is InChI=1S/C8H15NO/c1-5-6-7(2)8(10)9(3)4/h2,5-6H2,1,3-4H3. The van der Waals surface area contributed by atoms with E-state index in [1.54, 1.807) is 19.0 Å². The van der Waals surface area contributed by atoms with Crippen LogP contribution in [0.4, 0.5) is 0 Å². The summed E-state index contributed by atoms with van der Waals surface area (Å²) in [5, 5.41) is 0. The van der Waals surface area contributed by atoms with Crippen molar-refractivity contribution in [2.75, 3.05) is 14.1 Å². The van der Waals surface area contributed by atoms with E-state index in [0.717, 1.165) is 12.8 Å². The van der Waals surface area contributed by atoms with Crippen LogP contribution in [-0.2, 0) is 4.79 Å². The van der Waals surface area contributed by atoms with Crippen molar-refractivity contribution in [2.45, 2.75) is 19.8 Å². The Hall–Kier alpha value is -0.790. The summed E-state index contributed by atoms with van der Waals surface area (Å²) >= 11 is 0. The maximum atomic E-state index is 11.1. The Morgan fingerprint density at radius 1 is 1.50 bits per heavy atom. The van der Waals surface area contributed by atoms with Crippen LogP contribution >= 0.6 is 0 Å². The Labute approximate surface area is 62.5 Å². The SMILES string of the molecule is C=C(CCC)C(=O)N(C)C. The fourth-order valence-corrected chi connectivity index (χ4v) is 0.725. The topological polar surface area (TPSA) is 20.3 Å². The number of hydrogen-bond donors (Lipinski definition) is 0. The second-order valence-electron chi connectivity index (χ2n) is 2.55. The summed E-state index contributed by atoms with van der Waals surface area (Å²) in [6.07, 6.45) is 1.79. The molecule has 0 rings (SSSR count). The molecule has 0 aliphatic rings. The van der Waals surface area contributed by atoms with Gasteiger partial charge in [0.25, 0.3) is 0 Å². The smallest absolute Gasteiger partial charge is 0.248 e. The van der Waals surface area contributed by atoms with Crippen LogP contribution in [0.5, 0.6) is 0 Å². The van der Waals surface area contributed by atoms with Gasteiger partial charge >= 0.3 is 0 Å². The zero-order valence-corrected chi connectivity index (χ0v) is 6.98. The van der Waals surface area contributed by atoms with Crippen molar-refractivity contribution in [2.24, 2.45) is 0 Å². The highest BCUT2D eigenvalue weighted by atomic mass is 16.2. The maximum Gasteiger partial charge on any atom is 0.248 e. The van der Waals surface area contributed by atoms with Gasteiger partial charge in [0.2, 0.25) is 5.91 Å². The summed E-state index contributed by atoms with van der Waals surface area (Å²) in [6, 6.07) is 0. The van der Waals surface area contributed by atoms with Crippen LogP contribution < -0.4 is 0 Å². The average molecular weight is 141 g/mol. The lowest BCUT2D eigenvalue weighted by Gasteiger charge is -2.10. The second-order valence-corrected chi connectivity index (χ2v) is 2.55. The maximum absolute atomic E-state index is 11.1. The monoisotopic (exact) mass is 141 g/mol. The van der Waals surface area contributed by atoms with E-state index in [1.807, 2.05) is 6.92 Å². The fourth-order valence-electron chi connectivity index (χ4n) is 0.725. The first kappa shape index (κ1) is 9.21. The number of carbonyl (C=O) groups excluding carboxylic acids is 1. The molecule has 2 nitrogen and oxygen atoms in total. The lowest BCUT2D eigenvalue weighted by molar-refractivity contribution is -0.124. The van der Waals surface area contributed by atoms with Gasteiger partial charge in [-0.3, -0.25) is 4.79 Å². The van der Waals surface area contributed by atoms with Crippen LogP contribution in [-0.4, -0.2) is 24.9 Å². The summed E-state index contributed by atoms with van der Waals surface area (Å²) in [5.41, 5.74) is 0.701. The summed E-state index contributed by atoms with van der Waals surface area (Å²) in [7, 11) is 3.48. The van der Waals surface area contributed by atoms with Crippen LogP contribution in [0.3, 0.4) is 0 Å². The van der Waals surface area contributed by atoms with Gasteiger partial charge in [-0.25, -0.2) is 0 Å². The molecule has 0 fully saturated rings. The summed E-state index contributed by atoms with van der Waals surface area (Å²) < 4.78 is 0. The van der Waals surface area contributed by atoms with Gasteiger partial charge < -0.3 is 4.90 Å². The Bertz CT molecular complexity index is 138. The Morgan fingerprint density at radius 3 is 2.30 bits per heavy atom. The van der Waals surface area contributed by atoms with Crippen LogP contribution in [0, 0.1) is 0 Å². The molecular formula is C8H15NO. The van der Waals surface area contributed by atoms with E-state index in [4.69, 9.17) is 0 Å². The zero-order chi connectivity index (χ0) is 8.15. The molecule has 58 valence electrons. The number of amides is 1. The minimum atomic E-state index is 0.0434. The molecule has 0 bridgehead atoms. The Kier molecular flexibility index (Phi) is 3.77. The third kappa shape index (κ3) is 2.67. The second kappa shape index (κ2) is 4.09. The first-order valence-corrected chi connectivity index (χ1v) is 3.49. The molecule has 0 aromatic heterocycles. The molecule has 0 aromatic carbocycles. The molecule has 0 radical (unpaired) electrons. The van der Waals surface area contributed by atoms with E-state index in [0.29, 0.717) is 5.57 Å². The number of carbonyl (C=O) groups is 1. The minimum absolute atomic E-state index is 0.0434. The molecule has 0 spiro atoms. The molecule has 2 heteroatoms. The molecule has 0 atom stereocenters. The van der Waals surface area contributed by atoms with Crippen molar-refractivity contribution in [3.8, 4) is 0 Å². The van der Waals surface area contributed by atoms with Gasteiger partial charge in [0, 0.05) is 19.7 Å². The van der Waals surface area contributed by atoms with Gasteiger partial charge in [0.05, 0.1) is 0 Å². The Balaban J connectivity index is 3.83. The molecule has 0 saturated heterocycles. The molecule has 0 heterocycles. The first-order valence-electron chi connectivity index (χ1n) is 3.49. The van der Waals surface area contributed by atoms with E-state index in [1.165, 1.54) is 0 Å². The highest BCUT2D eigenvalue weighted by Crippen LogP contribution is 2.03. The predicted molar refractivity (Wildman–Crippen MR) is 42.7 cm³/mol. The first-order chi connectivity index (χ1) is 4.59. The molecule has 10 heavy (non-hydrogen) atoms. The molecule has 1 amide bonds. The largest absolute Gasteiger partial charge is 0.345 e. The number of hydrogen-bond acceptors (Lipinski definition) is 1. The van der Waals surface area contributed by atoms with Crippen molar-refractivity contribution in [1.82, 2.24) is 4.90 Å². The normalized spacial score (nSPS) is 9.10. The average Bonchev–Trinajstić information content (AvgIpc) is 1.87. The van der Waals surface area contributed by atoms with E-state index in [9.17, 15) is 4.79 Å². The van der Waals surface area contributed by atoms with Gasteiger partial charge in [-0.05, 0) is 6.42 Å². The van der Waals surface area contributed by atoms with Crippen LogP contribution in [0.2, 0.25) is 0 Å². The molecule has 0 unspecified atom stereocenters. The van der Waals surface area contributed by atoms with Crippen molar-refractivity contribution < 1.29 is 4.79 Å². The van der Waals surface area contributed by atoms with Gasteiger partial charge in [-0.2, -0.15) is 0 Å². The third-order valence-electron chi connectivity index (χ3n) is 1.26. The van der Waals surface area contributed by atoms with Crippen molar-refractivity contribution >= 4 is 5.91 Å². The van der Waals surface area contributed by atoms with E-state index < -0.39 is 0 Å². The molecule has 0 aliphatic heterocycles. The third-order valence-corrected chi connectivity index (χ3v) is 1.26. The molecule has 0 N–H and O–H groups in total. The number of nitrogens with zero attached hydrogens (tertiary/aromatic N) is 1. The molecule has 0 saturated carbocycles. The lowest BCUT2D eigenvalue weighted by Crippen LogP contribution is -2.22. The van der Waals surface area contributed by atoms with Crippen LogP contribution in [0.25, 0.3) is 0 Å². The summed E-state index contributed by atoms with van der Waals surface area (Å²) in [6.45, 7) is 5.71. The van der Waals surface area contributed by atoms with E-state index in [2.05, 4.69) is 6.58 Å². The predicted octanol–water partition coefficient (Wildman–Crippen LogP) is 1.43. The van der Waals surface area contributed by atoms with Crippen LogP contribution in [0.15, 0.2) is 12.2 Å². The van der Waals surface area contributed by atoms with E-state index >= 15 is 0 Å². The van der Waals surface area contributed by atoms with Crippen molar-refractivity contribution in [3.63, 3.8) is 0 Å². The summed E-state index contributed by atoms with van der Waals surface area (Å²) in [4.78, 5) is 12.6. The lowest BCUT2D eigenvalue weighted by atomic mass is 10.1. The number of likely N-dealkylation sites (N-methyl/N-ethyl adjacent to an activating group) is 1. The van der Waals surface area contributed by atoms with Gasteiger partial charge in [0.1, 0.15) is 0 Å². The minimum Gasteiger partial charge on any atom is -0.345 e. The van der Waals surface area contributed by atoms with Gasteiger partial charge in [-0.15, -0.1) is 0 Å². The molecule has 0 aromatic rings. The van der Waals surface area contributed by atoms with E-state index in [-0.39, 0.29) is 5.91 Å². The van der Waals surface area contributed by atoms with Crippen LogP contribution in [0.1, 0.15) is 19.8 Å². The van der Waals surface area contributed by atoms with Crippen molar-refractivity contribution in [1.29, 1.82) is 0 Å². The molecule has 0 aliphatic carbocycles. The Morgan fingerprint density at radius 2 is 2.00 bits per heavy atom. The zero-order valence-electron chi connectivity index (χ0n) is 6.98. The molecular weight excluding hydrogens is 126 g/mol. The van der Waals surface area contributed by atoms with Gasteiger partial charge in [-0.1, -0.05) is 19.9 Å².